The SMILES string of the molecule is CCc1csc(Cn2ccnc2-c2cc(CN(C)C)cs2)n1. The van der Waals surface area contributed by atoms with Gasteiger partial charge in [0, 0.05) is 24.3 Å². The summed E-state index contributed by atoms with van der Waals surface area (Å²) in [5, 5.41) is 5.50. The predicted molar refractivity (Wildman–Crippen MR) is 93.5 cm³/mol. The van der Waals surface area contributed by atoms with Crippen LogP contribution in [0.2, 0.25) is 0 Å². The number of nitrogens with zero attached hydrogens (tertiary/aromatic N) is 4. The Kier molecular flexibility index (Phi) is 4.71. The smallest absolute Gasteiger partial charge is 0.150 e. The monoisotopic (exact) mass is 332 g/mol. The molecule has 116 valence electrons. The van der Waals surface area contributed by atoms with Crippen LogP contribution in [0.4, 0.5) is 0 Å². The van der Waals surface area contributed by atoms with Crippen molar-refractivity contribution in [2.24, 2.45) is 0 Å². The first-order valence-corrected chi connectivity index (χ1v) is 9.08. The van der Waals surface area contributed by atoms with Gasteiger partial charge in [0.05, 0.1) is 17.1 Å². The van der Waals surface area contributed by atoms with Crippen LogP contribution in [0.3, 0.4) is 0 Å². The van der Waals surface area contributed by atoms with Gasteiger partial charge in [0.15, 0.2) is 0 Å². The number of imidazole rings is 1. The van der Waals surface area contributed by atoms with Gasteiger partial charge < -0.3 is 9.47 Å². The lowest BCUT2D eigenvalue weighted by Crippen LogP contribution is -2.09. The predicted octanol–water partition coefficient (Wildman–Crippen LogP) is 3.74. The molecule has 0 aliphatic rings. The van der Waals surface area contributed by atoms with Crippen LogP contribution in [0.1, 0.15) is 23.2 Å². The van der Waals surface area contributed by atoms with Crippen molar-refractivity contribution in [2.45, 2.75) is 26.4 Å². The van der Waals surface area contributed by atoms with Crippen molar-refractivity contribution in [3.63, 3.8) is 0 Å². The van der Waals surface area contributed by atoms with E-state index in [1.165, 1.54) is 16.1 Å². The fourth-order valence-corrected chi connectivity index (χ4v) is 4.12. The van der Waals surface area contributed by atoms with Crippen molar-refractivity contribution in [1.29, 1.82) is 0 Å². The van der Waals surface area contributed by atoms with E-state index in [4.69, 9.17) is 0 Å². The molecular formula is C16H20N4S2. The van der Waals surface area contributed by atoms with Crippen molar-refractivity contribution >= 4 is 22.7 Å². The maximum Gasteiger partial charge on any atom is 0.150 e. The molecule has 3 aromatic heterocycles. The Morgan fingerprint density at radius 1 is 1.23 bits per heavy atom. The molecule has 0 aliphatic heterocycles. The zero-order valence-corrected chi connectivity index (χ0v) is 14.7. The fraction of sp³-hybridized carbons (Fsp3) is 0.375. The van der Waals surface area contributed by atoms with E-state index in [0.29, 0.717) is 0 Å². The van der Waals surface area contributed by atoms with E-state index in [0.717, 1.165) is 30.3 Å². The largest absolute Gasteiger partial charge is 0.323 e. The van der Waals surface area contributed by atoms with Gasteiger partial charge in [0.1, 0.15) is 10.8 Å². The average molecular weight is 332 g/mol. The average Bonchev–Trinajstić information content (AvgIpc) is 3.19. The summed E-state index contributed by atoms with van der Waals surface area (Å²) in [5.74, 6) is 1.03. The molecule has 3 rings (SSSR count). The molecule has 0 atom stereocenters. The number of thiazole rings is 1. The van der Waals surface area contributed by atoms with Crippen molar-refractivity contribution < 1.29 is 0 Å². The molecule has 3 aromatic rings. The third-order valence-electron chi connectivity index (χ3n) is 3.36. The maximum atomic E-state index is 4.65. The Hall–Kier alpha value is -1.50. The maximum absolute atomic E-state index is 4.65. The summed E-state index contributed by atoms with van der Waals surface area (Å²) >= 11 is 3.48. The second-order valence-corrected chi connectivity index (χ2v) is 7.38. The van der Waals surface area contributed by atoms with Gasteiger partial charge in [0.25, 0.3) is 0 Å². The molecule has 0 aromatic carbocycles. The molecule has 0 saturated heterocycles. The highest BCUT2D eigenvalue weighted by Crippen LogP contribution is 2.27. The van der Waals surface area contributed by atoms with Crippen LogP contribution in [0.5, 0.6) is 0 Å². The molecule has 0 radical (unpaired) electrons. The quantitative estimate of drug-likeness (QED) is 0.689. The Bertz CT molecular complexity index is 739. The van der Waals surface area contributed by atoms with Gasteiger partial charge in [-0.3, -0.25) is 0 Å². The van der Waals surface area contributed by atoms with Crippen LogP contribution < -0.4 is 0 Å². The van der Waals surface area contributed by atoms with Gasteiger partial charge in [-0.1, -0.05) is 6.92 Å². The zero-order chi connectivity index (χ0) is 15.5. The number of thiophene rings is 1. The van der Waals surface area contributed by atoms with E-state index < -0.39 is 0 Å². The molecule has 0 fully saturated rings. The second kappa shape index (κ2) is 6.73. The van der Waals surface area contributed by atoms with Crippen molar-refractivity contribution in [2.75, 3.05) is 14.1 Å². The van der Waals surface area contributed by atoms with Gasteiger partial charge in [-0.05, 0) is 37.5 Å². The van der Waals surface area contributed by atoms with Crippen molar-refractivity contribution in [1.82, 2.24) is 19.4 Å². The van der Waals surface area contributed by atoms with E-state index >= 15 is 0 Å². The molecule has 0 amide bonds. The Morgan fingerprint density at radius 2 is 2.09 bits per heavy atom. The highest BCUT2D eigenvalue weighted by atomic mass is 32.1. The van der Waals surface area contributed by atoms with Crippen LogP contribution in [0, 0.1) is 0 Å². The molecule has 0 saturated carbocycles. The molecule has 0 unspecified atom stereocenters. The fourth-order valence-electron chi connectivity index (χ4n) is 2.33. The topological polar surface area (TPSA) is 34.0 Å². The number of aromatic nitrogens is 3. The third kappa shape index (κ3) is 3.45. The summed E-state index contributed by atoms with van der Waals surface area (Å²) in [5.41, 5.74) is 2.51. The highest BCUT2D eigenvalue weighted by molar-refractivity contribution is 7.13. The van der Waals surface area contributed by atoms with Crippen molar-refractivity contribution in [3.05, 3.63) is 45.5 Å². The lowest BCUT2D eigenvalue weighted by molar-refractivity contribution is 0.403. The summed E-state index contributed by atoms with van der Waals surface area (Å²) in [6.07, 6.45) is 4.90. The van der Waals surface area contributed by atoms with Crippen LogP contribution in [0.25, 0.3) is 10.7 Å². The minimum atomic E-state index is 0.793. The Morgan fingerprint density at radius 3 is 2.82 bits per heavy atom. The Balaban J connectivity index is 1.80. The first-order valence-electron chi connectivity index (χ1n) is 7.32. The van der Waals surface area contributed by atoms with Crippen LogP contribution in [-0.2, 0) is 19.5 Å². The van der Waals surface area contributed by atoms with Gasteiger partial charge in [0.2, 0.25) is 0 Å². The highest BCUT2D eigenvalue weighted by Gasteiger charge is 2.11. The van der Waals surface area contributed by atoms with Crippen molar-refractivity contribution in [3.8, 4) is 10.7 Å². The molecule has 6 heteroatoms. The summed E-state index contributed by atoms with van der Waals surface area (Å²) in [7, 11) is 4.18. The van der Waals surface area contributed by atoms with Gasteiger partial charge in [-0.15, -0.1) is 22.7 Å². The number of rotatable bonds is 6. The van der Waals surface area contributed by atoms with E-state index in [1.807, 2.05) is 12.4 Å². The summed E-state index contributed by atoms with van der Waals surface area (Å²) in [4.78, 5) is 12.6. The molecule has 3 heterocycles. The van der Waals surface area contributed by atoms with E-state index in [9.17, 15) is 0 Å². The van der Waals surface area contributed by atoms with Gasteiger partial charge >= 0.3 is 0 Å². The lowest BCUT2D eigenvalue weighted by atomic mass is 10.3. The molecule has 22 heavy (non-hydrogen) atoms. The third-order valence-corrected chi connectivity index (χ3v) is 5.21. The van der Waals surface area contributed by atoms with Gasteiger partial charge in [-0.25, -0.2) is 9.97 Å². The minimum absolute atomic E-state index is 0.793. The van der Waals surface area contributed by atoms with E-state index in [2.05, 4.69) is 57.3 Å². The molecule has 0 aliphatic carbocycles. The summed E-state index contributed by atoms with van der Waals surface area (Å²) in [6, 6.07) is 2.24. The van der Waals surface area contributed by atoms with E-state index in [1.54, 1.807) is 22.7 Å². The Labute approximate surface area is 139 Å². The van der Waals surface area contributed by atoms with Crippen LogP contribution in [-0.4, -0.2) is 33.5 Å². The summed E-state index contributed by atoms with van der Waals surface area (Å²) in [6.45, 7) is 3.89. The first-order chi connectivity index (χ1) is 10.7. The van der Waals surface area contributed by atoms with E-state index in [-0.39, 0.29) is 0 Å². The normalized spacial score (nSPS) is 11.5. The standard InChI is InChI=1S/C16H20N4S2/c1-4-13-11-22-15(18-13)9-20-6-5-17-16(20)14-7-12(10-21-14)8-19(2)3/h5-7,10-11H,4,8-9H2,1-3H3. The molecule has 0 bridgehead atoms. The number of aryl methyl sites for hydroxylation is 1. The first kappa shape index (κ1) is 15.4. The summed E-state index contributed by atoms with van der Waals surface area (Å²) < 4.78 is 2.18. The molecule has 0 spiro atoms. The van der Waals surface area contributed by atoms with Crippen LogP contribution in [0.15, 0.2) is 29.2 Å². The second-order valence-electron chi connectivity index (χ2n) is 5.52. The number of hydrogen-bond donors (Lipinski definition) is 0. The van der Waals surface area contributed by atoms with Crippen LogP contribution >= 0.6 is 22.7 Å². The zero-order valence-electron chi connectivity index (χ0n) is 13.1. The van der Waals surface area contributed by atoms with Gasteiger partial charge in [-0.2, -0.15) is 0 Å². The molecular weight excluding hydrogens is 312 g/mol. The molecule has 0 N–H and O–H groups in total. The molecule has 4 nitrogen and oxygen atoms in total. The minimum Gasteiger partial charge on any atom is -0.323 e. The lowest BCUT2D eigenvalue weighted by Gasteiger charge is -2.06. The number of hydrogen-bond acceptors (Lipinski definition) is 5.